The number of aromatic amines is 1. The molecule has 14 heavy (non-hydrogen) atoms. The Kier molecular flexibility index (Phi) is 2.45. The summed E-state index contributed by atoms with van der Waals surface area (Å²) in [5, 5.41) is 0. The number of nitrogens with one attached hydrogen (secondary N) is 1. The van der Waals surface area contributed by atoms with Crippen LogP contribution < -0.4 is 5.56 Å². The van der Waals surface area contributed by atoms with Crippen molar-refractivity contribution in [3.05, 3.63) is 26.8 Å². The van der Waals surface area contributed by atoms with E-state index < -0.39 is 5.60 Å². The third kappa shape index (κ3) is 1.62. The van der Waals surface area contributed by atoms with E-state index in [4.69, 9.17) is 4.74 Å². The molecule has 2 heterocycles. The van der Waals surface area contributed by atoms with Gasteiger partial charge in [-0.1, -0.05) is 0 Å². The number of rotatable bonds is 1. The highest BCUT2D eigenvalue weighted by molar-refractivity contribution is 9.10. The van der Waals surface area contributed by atoms with Crippen LogP contribution in [0.5, 0.6) is 0 Å². The quantitative estimate of drug-likeness (QED) is 0.832. The average Bonchev–Trinajstić information content (AvgIpc) is 2.58. The van der Waals surface area contributed by atoms with Gasteiger partial charge in [0.05, 0.1) is 0 Å². The summed E-state index contributed by atoms with van der Waals surface area (Å²) in [6.07, 6.45) is 3.43. The van der Waals surface area contributed by atoms with E-state index in [9.17, 15) is 4.79 Å². The predicted octanol–water partition coefficient (Wildman–Crippen LogP) is 1.56. The van der Waals surface area contributed by atoms with Gasteiger partial charge in [0.2, 0.25) is 0 Å². The highest BCUT2D eigenvalue weighted by Crippen LogP contribution is 2.32. The van der Waals surface area contributed by atoms with Crippen molar-refractivity contribution in [3.8, 4) is 0 Å². The second-order valence-corrected chi connectivity index (χ2v) is 4.45. The van der Waals surface area contributed by atoms with Gasteiger partial charge >= 0.3 is 0 Å². The second-order valence-electron chi connectivity index (χ2n) is 3.59. The van der Waals surface area contributed by atoms with Crippen LogP contribution >= 0.6 is 15.9 Å². The van der Waals surface area contributed by atoms with E-state index in [1.165, 1.54) is 6.20 Å². The molecule has 1 fully saturated rings. The molecule has 0 amide bonds. The topological polar surface area (TPSA) is 55.0 Å². The van der Waals surface area contributed by atoms with Crippen molar-refractivity contribution in [1.82, 2.24) is 9.97 Å². The summed E-state index contributed by atoms with van der Waals surface area (Å²) in [7, 11) is 0. The maximum absolute atomic E-state index is 11.3. The van der Waals surface area contributed by atoms with E-state index >= 15 is 0 Å². The van der Waals surface area contributed by atoms with Gasteiger partial charge in [0.25, 0.3) is 5.56 Å². The Morgan fingerprint density at radius 1 is 1.71 bits per heavy atom. The molecule has 1 atom stereocenters. The Hall–Kier alpha value is -0.680. The van der Waals surface area contributed by atoms with Crippen LogP contribution in [-0.4, -0.2) is 16.6 Å². The first-order valence-corrected chi connectivity index (χ1v) is 5.30. The Balaban J connectivity index is 2.41. The van der Waals surface area contributed by atoms with Crippen molar-refractivity contribution in [2.45, 2.75) is 25.4 Å². The monoisotopic (exact) mass is 258 g/mol. The summed E-state index contributed by atoms with van der Waals surface area (Å²) < 4.78 is 6.02. The molecule has 0 aromatic carbocycles. The Morgan fingerprint density at radius 2 is 2.50 bits per heavy atom. The van der Waals surface area contributed by atoms with Gasteiger partial charge in [-0.05, 0) is 35.7 Å². The number of aromatic nitrogens is 2. The molecule has 1 aromatic rings. The normalized spacial score (nSPS) is 26.7. The van der Waals surface area contributed by atoms with Crippen LogP contribution in [0.4, 0.5) is 0 Å². The zero-order valence-electron chi connectivity index (χ0n) is 7.84. The SMILES string of the molecule is CC1(c2ncc(Br)c(=O)[nH]2)CCCO1. The number of nitrogens with zero attached hydrogens (tertiary/aromatic N) is 1. The van der Waals surface area contributed by atoms with Crippen LogP contribution in [-0.2, 0) is 10.3 Å². The molecule has 1 N–H and O–H groups in total. The molecule has 4 nitrogen and oxygen atoms in total. The molecule has 76 valence electrons. The molecule has 1 aliphatic rings. The summed E-state index contributed by atoms with van der Waals surface area (Å²) >= 11 is 3.11. The first-order chi connectivity index (χ1) is 6.62. The Bertz CT molecular complexity index is 396. The largest absolute Gasteiger partial charge is 0.367 e. The number of hydrogen-bond acceptors (Lipinski definition) is 3. The molecular formula is C9H11BrN2O2. The van der Waals surface area contributed by atoms with E-state index in [0.29, 0.717) is 10.3 Å². The van der Waals surface area contributed by atoms with Crippen LogP contribution in [0.25, 0.3) is 0 Å². The van der Waals surface area contributed by atoms with E-state index in [1.54, 1.807) is 0 Å². The maximum Gasteiger partial charge on any atom is 0.265 e. The Morgan fingerprint density at radius 3 is 3.07 bits per heavy atom. The molecule has 1 saturated heterocycles. The number of H-pyrrole nitrogens is 1. The third-order valence-electron chi connectivity index (χ3n) is 2.48. The minimum absolute atomic E-state index is 0.160. The van der Waals surface area contributed by atoms with Gasteiger partial charge in [-0.25, -0.2) is 4.98 Å². The van der Waals surface area contributed by atoms with Gasteiger partial charge in [0.1, 0.15) is 15.9 Å². The smallest absolute Gasteiger partial charge is 0.265 e. The molecule has 1 unspecified atom stereocenters. The fraction of sp³-hybridized carbons (Fsp3) is 0.556. The van der Waals surface area contributed by atoms with Crippen molar-refractivity contribution in [3.63, 3.8) is 0 Å². The molecule has 0 saturated carbocycles. The van der Waals surface area contributed by atoms with Crippen molar-refractivity contribution >= 4 is 15.9 Å². The van der Waals surface area contributed by atoms with Crippen LogP contribution in [0.3, 0.4) is 0 Å². The van der Waals surface area contributed by atoms with Crippen LogP contribution in [0.2, 0.25) is 0 Å². The predicted molar refractivity (Wildman–Crippen MR) is 55.1 cm³/mol. The summed E-state index contributed by atoms with van der Waals surface area (Å²) in [4.78, 5) is 18.2. The lowest BCUT2D eigenvalue weighted by Gasteiger charge is -2.21. The van der Waals surface area contributed by atoms with Gasteiger partial charge in [-0.3, -0.25) is 4.79 Å². The summed E-state index contributed by atoms with van der Waals surface area (Å²) in [5.74, 6) is 0.614. The number of hydrogen-bond donors (Lipinski definition) is 1. The zero-order chi connectivity index (χ0) is 10.2. The lowest BCUT2D eigenvalue weighted by molar-refractivity contribution is 0.00909. The molecule has 2 rings (SSSR count). The zero-order valence-corrected chi connectivity index (χ0v) is 9.43. The second kappa shape index (κ2) is 3.47. The van der Waals surface area contributed by atoms with Gasteiger partial charge < -0.3 is 9.72 Å². The van der Waals surface area contributed by atoms with Crippen molar-refractivity contribution in [2.75, 3.05) is 6.61 Å². The van der Waals surface area contributed by atoms with Crippen LogP contribution in [0.15, 0.2) is 15.5 Å². The van der Waals surface area contributed by atoms with Gasteiger partial charge in [0, 0.05) is 12.8 Å². The first-order valence-electron chi connectivity index (χ1n) is 4.51. The molecule has 0 aliphatic carbocycles. The number of ether oxygens (including phenoxy) is 1. The summed E-state index contributed by atoms with van der Waals surface area (Å²) in [6.45, 7) is 2.68. The van der Waals surface area contributed by atoms with E-state index in [-0.39, 0.29) is 5.56 Å². The van der Waals surface area contributed by atoms with Crippen LogP contribution in [0, 0.1) is 0 Å². The fourth-order valence-corrected chi connectivity index (χ4v) is 1.82. The van der Waals surface area contributed by atoms with Crippen LogP contribution in [0.1, 0.15) is 25.6 Å². The van der Waals surface area contributed by atoms with Gasteiger partial charge in [0.15, 0.2) is 0 Å². The summed E-state index contributed by atoms with van der Waals surface area (Å²) in [6, 6.07) is 0. The number of halogens is 1. The maximum atomic E-state index is 11.3. The molecule has 1 aromatic heterocycles. The molecule has 0 spiro atoms. The highest BCUT2D eigenvalue weighted by atomic mass is 79.9. The molecule has 0 radical (unpaired) electrons. The summed E-state index contributed by atoms with van der Waals surface area (Å²) in [5.41, 5.74) is -0.577. The standard InChI is InChI=1S/C9H11BrN2O2/c1-9(3-2-4-14-9)8-11-5-6(10)7(13)12-8/h5H,2-4H2,1H3,(H,11,12,13). The molecule has 5 heteroatoms. The lowest BCUT2D eigenvalue weighted by Crippen LogP contribution is -2.27. The molecule has 1 aliphatic heterocycles. The Labute approximate surface area is 89.8 Å². The van der Waals surface area contributed by atoms with E-state index in [0.717, 1.165) is 19.4 Å². The van der Waals surface area contributed by atoms with Gasteiger partial charge in [-0.2, -0.15) is 0 Å². The third-order valence-corrected chi connectivity index (χ3v) is 3.04. The average molecular weight is 259 g/mol. The molecular weight excluding hydrogens is 248 g/mol. The van der Waals surface area contributed by atoms with Gasteiger partial charge in [-0.15, -0.1) is 0 Å². The van der Waals surface area contributed by atoms with Crippen molar-refractivity contribution in [1.29, 1.82) is 0 Å². The van der Waals surface area contributed by atoms with Crippen molar-refractivity contribution < 1.29 is 4.74 Å². The molecule has 0 bridgehead atoms. The minimum atomic E-state index is -0.417. The first kappa shape index (κ1) is 9.86. The lowest BCUT2D eigenvalue weighted by atomic mass is 10.0. The fourth-order valence-electron chi connectivity index (χ4n) is 1.61. The highest BCUT2D eigenvalue weighted by Gasteiger charge is 2.34. The minimum Gasteiger partial charge on any atom is -0.367 e. The van der Waals surface area contributed by atoms with E-state index in [1.807, 2.05) is 6.92 Å². The van der Waals surface area contributed by atoms with E-state index in [2.05, 4.69) is 25.9 Å². The van der Waals surface area contributed by atoms with Crippen molar-refractivity contribution in [2.24, 2.45) is 0 Å².